The van der Waals surface area contributed by atoms with E-state index in [-0.39, 0.29) is 0 Å². The molecule has 0 spiro atoms. The number of rotatable bonds is 6. The third-order valence-electron chi connectivity index (χ3n) is 8.93. The summed E-state index contributed by atoms with van der Waals surface area (Å²) < 4.78 is 0. The van der Waals surface area contributed by atoms with Crippen LogP contribution in [0.15, 0.2) is 49.1 Å². The second kappa shape index (κ2) is 16.7. The highest BCUT2D eigenvalue weighted by molar-refractivity contribution is 5.21. The fourth-order valence-corrected chi connectivity index (χ4v) is 6.54. The maximum atomic E-state index is 4.40. The third-order valence-corrected chi connectivity index (χ3v) is 8.93. The number of hydrogen-bond donors (Lipinski definition) is 0. The molecule has 206 valence electrons. The molecule has 0 bridgehead atoms. The van der Waals surface area contributed by atoms with Gasteiger partial charge in [-0.2, -0.15) is 0 Å². The van der Waals surface area contributed by atoms with E-state index in [0.717, 1.165) is 36.0 Å². The molecule has 0 aliphatic heterocycles. The van der Waals surface area contributed by atoms with E-state index in [4.69, 9.17) is 0 Å². The molecular formula is C35H66. The minimum absolute atomic E-state index is 0.382. The van der Waals surface area contributed by atoms with Gasteiger partial charge >= 0.3 is 0 Å². The molecule has 2 rings (SSSR count). The molecule has 35 heavy (non-hydrogen) atoms. The highest BCUT2D eigenvalue weighted by Crippen LogP contribution is 2.51. The molecular weight excluding hydrogens is 420 g/mol. The van der Waals surface area contributed by atoms with Crippen molar-refractivity contribution in [2.45, 2.75) is 129 Å². The van der Waals surface area contributed by atoms with E-state index in [1.54, 1.807) is 5.57 Å². The lowest BCUT2D eigenvalue weighted by Gasteiger charge is -2.48. The molecule has 0 heterocycles. The van der Waals surface area contributed by atoms with Gasteiger partial charge < -0.3 is 0 Å². The molecule has 0 aromatic carbocycles. The van der Waals surface area contributed by atoms with Crippen molar-refractivity contribution >= 4 is 0 Å². The molecule has 0 amide bonds. The Balaban J connectivity index is 0. The molecule has 5 unspecified atom stereocenters. The highest BCUT2D eigenvalue weighted by Gasteiger charge is 2.42. The van der Waals surface area contributed by atoms with Gasteiger partial charge in [-0.05, 0) is 91.8 Å². The van der Waals surface area contributed by atoms with Crippen molar-refractivity contribution in [1.29, 1.82) is 0 Å². The van der Waals surface area contributed by atoms with E-state index in [0.29, 0.717) is 16.7 Å². The van der Waals surface area contributed by atoms with E-state index in [1.165, 1.54) is 43.3 Å². The summed E-state index contributed by atoms with van der Waals surface area (Å²) in [6.45, 7) is 44.4. The van der Waals surface area contributed by atoms with Crippen LogP contribution in [0, 0.1) is 46.3 Å². The van der Waals surface area contributed by atoms with Gasteiger partial charge in [0.25, 0.3) is 0 Å². The molecule has 5 atom stereocenters. The largest absolute Gasteiger partial charge is 0.106 e. The Morgan fingerprint density at radius 3 is 1.86 bits per heavy atom. The van der Waals surface area contributed by atoms with Crippen LogP contribution in [0.1, 0.15) is 129 Å². The number of hydrogen-bond acceptors (Lipinski definition) is 0. The molecule has 0 aromatic rings. The third kappa shape index (κ3) is 10.9. The van der Waals surface area contributed by atoms with Crippen LogP contribution in [0.5, 0.6) is 0 Å². The standard InChI is InChI=1S/C16H30.C15H26.C2H6.C2H4/c1-11(2)10-13(4)15-12(3)8-9-14(5)16(15,6)7;1-11(2)10-12(3)14-9-7-8-13(4)15(14,5)6;2*1-2/h11-12,14-15H,4,8-10H2,1-3,5-7H3;9,12-13H,1,7-8,10H2,2-6H3;1-2H3;1-2H2. The van der Waals surface area contributed by atoms with Crippen LogP contribution in [-0.4, -0.2) is 0 Å². The van der Waals surface area contributed by atoms with E-state index >= 15 is 0 Å². The number of allylic oxidation sites excluding steroid dienone is 4. The van der Waals surface area contributed by atoms with E-state index < -0.39 is 0 Å². The summed E-state index contributed by atoms with van der Waals surface area (Å²) in [4.78, 5) is 0. The van der Waals surface area contributed by atoms with Gasteiger partial charge in [-0.3, -0.25) is 0 Å². The molecule has 2 aliphatic carbocycles. The lowest BCUT2D eigenvalue weighted by Crippen LogP contribution is -2.40. The summed E-state index contributed by atoms with van der Waals surface area (Å²) in [5.41, 5.74) is 5.28. The highest BCUT2D eigenvalue weighted by atomic mass is 14.5. The van der Waals surface area contributed by atoms with Crippen molar-refractivity contribution in [3.05, 3.63) is 49.1 Å². The van der Waals surface area contributed by atoms with Gasteiger partial charge in [0.1, 0.15) is 0 Å². The summed E-state index contributed by atoms with van der Waals surface area (Å²) in [5.74, 6) is 4.59. The van der Waals surface area contributed by atoms with Gasteiger partial charge in [0.2, 0.25) is 0 Å². The predicted octanol–water partition coefficient (Wildman–Crippen LogP) is 12.1. The Hall–Kier alpha value is -1.04. The lowest BCUT2D eigenvalue weighted by atomic mass is 9.56. The van der Waals surface area contributed by atoms with Crippen molar-refractivity contribution < 1.29 is 0 Å². The summed E-state index contributed by atoms with van der Waals surface area (Å²) in [5, 5.41) is 0. The summed E-state index contributed by atoms with van der Waals surface area (Å²) in [6, 6.07) is 0. The van der Waals surface area contributed by atoms with Gasteiger partial charge in [-0.1, -0.05) is 112 Å². The molecule has 0 heteroatoms. The van der Waals surface area contributed by atoms with E-state index in [1.807, 2.05) is 13.8 Å². The Morgan fingerprint density at radius 1 is 0.886 bits per heavy atom. The molecule has 1 fully saturated rings. The molecule has 0 radical (unpaired) electrons. The SMILES string of the molecule is C=C.C=C(C)CC(C)C1=CCCC(C)C1(C)C.C=C(CC(C)C)C1C(C)CCC(C)C1(C)C.CC. The zero-order chi connectivity index (χ0) is 28.1. The van der Waals surface area contributed by atoms with Gasteiger partial charge in [-0.25, -0.2) is 0 Å². The Labute approximate surface area is 223 Å². The lowest BCUT2D eigenvalue weighted by molar-refractivity contribution is 0.0490. The molecule has 0 N–H and O–H groups in total. The minimum Gasteiger partial charge on any atom is -0.106 e. The Morgan fingerprint density at radius 2 is 1.40 bits per heavy atom. The van der Waals surface area contributed by atoms with Crippen LogP contribution < -0.4 is 0 Å². The first-order valence-electron chi connectivity index (χ1n) is 14.6. The van der Waals surface area contributed by atoms with Crippen LogP contribution in [0.2, 0.25) is 0 Å². The molecule has 0 aromatic heterocycles. The van der Waals surface area contributed by atoms with Crippen molar-refractivity contribution in [2.75, 3.05) is 0 Å². The fourth-order valence-electron chi connectivity index (χ4n) is 6.54. The van der Waals surface area contributed by atoms with Crippen molar-refractivity contribution in [3.8, 4) is 0 Å². The van der Waals surface area contributed by atoms with Gasteiger partial charge in [-0.15, -0.1) is 19.7 Å². The average Bonchev–Trinajstić information content (AvgIpc) is 2.75. The zero-order valence-corrected chi connectivity index (χ0v) is 26.6. The van der Waals surface area contributed by atoms with E-state index in [9.17, 15) is 0 Å². The predicted molar refractivity (Wildman–Crippen MR) is 165 cm³/mol. The normalized spacial score (nSPS) is 27.4. The monoisotopic (exact) mass is 487 g/mol. The summed E-state index contributed by atoms with van der Waals surface area (Å²) in [7, 11) is 0. The van der Waals surface area contributed by atoms with Crippen molar-refractivity contribution in [2.24, 2.45) is 46.3 Å². The summed E-state index contributed by atoms with van der Waals surface area (Å²) in [6.07, 6.45) is 10.2. The first-order valence-corrected chi connectivity index (χ1v) is 14.6. The Bertz CT molecular complexity index is 641. The smallest absolute Gasteiger partial charge is 0.0116 e. The fraction of sp³-hybridized carbons (Fsp3) is 0.771. The average molecular weight is 487 g/mol. The second-order valence-electron chi connectivity index (χ2n) is 12.9. The first-order chi connectivity index (χ1) is 16.1. The van der Waals surface area contributed by atoms with Crippen LogP contribution >= 0.6 is 0 Å². The van der Waals surface area contributed by atoms with Crippen LogP contribution in [0.25, 0.3) is 0 Å². The van der Waals surface area contributed by atoms with Crippen molar-refractivity contribution in [3.63, 3.8) is 0 Å². The Kier molecular flexibility index (Phi) is 17.2. The van der Waals surface area contributed by atoms with Crippen LogP contribution in [0.4, 0.5) is 0 Å². The van der Waals surface area contributed by atoms with E-state index in [2.05, 4.69) is 109 Å². The first kappa shape index (κ1) is 36.1. The van der Waals surface area contributed by atoms with Gasteiger partial charge in [0, 0.05) is 0 Å². The maximum Gasteiger partial charge on any atom is -0.0116 e. The molecule has 1 saturated carbocycles. The minimum atomic E-state index is 0.382. The quantitative estimate of drug-likeness (QED) is 0.327. The topological polar surface area (TPSA) is 0 Å². The van der Waals surface area contributed by atoms with Crippen LogP contribution in [0.3, 0.4) is 0 Å². The molecule has 2 aliphatic rings. The van der Waals surface area contributed by atoms with Crippen molar-refractivity contribution in [1.82, 2.24) is 0 Å². The van der Waals surface area contributed by atoms with Gasteiger partial charge in [0.15, 0.2) is 0 Å². The maximum absolute atomic E-state index is 4.40. The second-order valence-corrected chi connectivity index (χ2v) is 12.9. The molecule has 0 nitrogen and oxygen atoms in total. The van der Waals surface area contributed by atoms with Gasteiger partial charge in [0.05, 0.1) is 0 Å². The van der Waals surface area contributed by atoms with Crippen LogP contribution in [-0.2, 0) is 0 Å². The zero-order valence-electron chi connectivity index (χ0n) is 26.6. The summed E-state index contributed by atoms with van der Waals surface area (Å²) >= 11 is 0. The molecule has 0 saturated heterocycles.